The van der Waals surface area contributed by atoms with Gasteiger partial charge in [0.2, 0.25) is 6.10 Å². The molecule has 3 unspecified atom stereocenters. The van der Waals surface area contributed by atoms with E-state index in [1.54, 1.807) is 27.7 Å². The van der Waals surface area contributed by atoms with Crippen molar-refractivity contribution in [2.75, 3.05) is 13.7 Å². The van der Waals surface area contributed by atoms with Crippen LogP contribution in [-0.4, -0.2) is 91.2 Å². The third-order valence-electron chi connectivity index (χ3n) is 6.79. The van der Waals surface area contributed by atoms with E-state index in [9.17, 15) is 25.0 Å². The molecule has 0 aliphatic carbocycles. The van der Waals surface area contributed by atoms with Crippen molar-refractivity contribution in [3.8, 4) is 0 Å². The zero-order valence-corrected chi connectivity index (χ0v) is 20.1. The molecule has 10 nitrogen and oxygen atoms in total. The number of hydroxylamine groups is 4. The number of methoxy groups -OCH3 is 1. The summed E-state index contributed by atoms with van der Waals surface area (Å²) in [5, 5.41) is 34.4. The second-order valence-corrected chi connectivity index (χ2v) is 10.9. The van der Waals surface area contributed by atoms with Gasteiger partial charge >= 0.3 is 11.9 Å². The van der Waals surface area contributed by atoms with E-state index in [0.29, 0.717) is 6.42 Å². The van der Waals surface area contributed by atoms with E-state index in [4.69, 9.17) is 14.3 Å². The molecule has 31 heavy (non-hydrogen) atoms. The number of ether oxygens (including phenoxy) is 2. The summed E-state index contributed by atoms with van der Waals surface area (Å²) in [6.07, 6.45) is -1.64. The highest BCUT2D eigenvalue weighted by Gasteiger charge is 2.65. The van der Waals surface area contributed by atoms with E-state index in [1.165, 1.54) is 26.0 Å². The molecule has 2 fully saturated rings. The summed E-state index contributed by atoms with van der Waals surface area (Å²) in [4.78, 5) is 31.2. The first-order valence-corrected chi connectivity index (χ1v) is 10.5. The van der Waals surface area contributed by atoms with Crippen molar-refractivity contribution in [2.24, 2.45) is 0 Å². The third-order valence-corrected chi connectivity index (χ3v) is 6.79. The van der Waals surface area contributed by atoms with Crippen LogP contribution >= 0.6 is 0 Å². The molecule has 2 heterocycles. The predicted octanol–water partition coefficient (Wildman–Crippen LogP) is 1.01. The Morgan fingerprint density at radius 3 is 2.00 bits per heavy atom. The molecular formula is C21H38N2O8. The zero-order valence-electron chi connectivity index (χ0n) is 20.1. The lowest BCUT2D eigenvalue weighted by Crippen LogP contribution is -2.59. The summed E-state index contributed by atoms with van der Waals surface area (Å²) in [6.45, 7) is 13.3. The lowest BCUT2D eigenvalue weighted by atomic mass is 9.82. The standard InChI is InChI=1S/C21H38N2O8/c1-17(2)10-14(24)19(5,6)23(17)31-13(15(25)29-9)11-30-16(26)21(27)12-18(3,4)22(28)20(21,7)8/h13-14,24,27-28H,10-12H2,1-9H3. The Morgan fingerprint density at radius 1 is 1.06 bits per heavy atom. The van der Waals surface area contributed by atoms with Gasteiger partial charge in [-0.25, -0.2) is 9.59 Å². The van der Waals surface area contributed by atoms with E-state index >= 15 is 0 Å². The van der Waals surface area contributed by atoms with Crippen molar-refractivity contribution in [1.82, 2.24) is 10.1 Å². The van der Waals surface area contributed by atoms with E-state index in [1.807, 2.05) is 13.8 Å². The van der Waals surface area contributed by atoms with Gasteiger partial charge in [0.1, 0.15) is 6.61 Å². The molecule has 0 radical (unpaired) electrons. The molecule has 2 saturated heterocycles. The van der Waals surface area contributed by atoms with Crippen LogP contribution in [0, 0.1) is 0 Å². The van der Waals surface area contributed by atoms with Crippen LogP contribution in [0.15, 0.2) is 0 Å². The van der Waals surface area contributed by atoms with Crippen molar-refractivity contribution < 1.29 is 39.3 Å². The lowest BCUT2D eigenvalue weighted by molar-refractivity contribution is -0.280. The van der Waals surface area contributed by atoms with E-state index < -0.39 is 58.5 Å². The van der Waals surface area contributed by atoms with Crippen LogP contribution in [-0.2, 0) is 23.9 Å². The van der Waals surface area contributed by atoms with Crippen molar-refractivity contribution in [1.29, 1.82) is 0 Å². The smallest absolute Gasteiger partial charge is 0.340 e. The van der Waals surface area contributed by atoms with Crippen molar-refractivity contribution >= 4 is 11.9 Å². The van der Waals surface area contributed by atoms with Gasteiger partial charge in [0.25, 0.3) is 0 Å². The molecular weight excluding hydrogens is 408 g/mol. The van der Waals surface area contributed by atoms with Crippen molar-refractivity contribution in [3.63, 3.8) is 0 Å². The largest absolute Gasteiger partial charge is 0.467 e. The average Bonchev–Trinajstić information content (AvgIpc) is 2.87. The number of aliphatic hydroxyl groups is 2. The molecule has 0 spiro atoms. The first kappa shape index (κ1) is 26.0. The summed E-state index contributed by atoms with van der Waals surface area (Å²) in [5.41, 5.74) is -5.58. The first-order valence-electron chi connectivity index (χ1n) is 10.5. The van der Waals surface area contributed by atoms with Crippen LogP contribution in [0.4, 0.5) is 0 Å². The molecule has 0 aromatic rings. The van der Waals surface area contributed by atoms with Crippen molar-refractivity contribution in [2.45, 2.75) is 108 Å². The van der Waals surface area contributed by atoms with Gasteiger partial charge in [-0.1, -0.05) is 0 Å². The number of hydrogen-bond acceptors (Lipinski definition) is 10. The Morgan fingerprint density at radius 2 is 1.61 bits per heavy atom. The second kappa shape index (κ2) is 7.93. The number of aliphatic hydroxyl groups excluding tert-OH is 1. The average molecular weight is 447 g/mol. The highest BCUT2D eigenvalue weighted by molar-refractivity contribution is 5.83. The lowest BCUT2D eigenvalue weighted by Gasteiger charge is -2.41. The van der Waals surface area contributed by atoms with Crippen LogP contribution in [0.5, 0.6) is 0 Å². The summed E-state index contributed by atoms with van der Waals surface area (Å²) >= 11 is 0. The van der Waals surface area contributed by atoms with Gasteiger partial charge in [-0.3, -0.25) is 4.84 Å². The van der Waals surface area contributed by atoms with Crippen molar-refractivity contribution in [3.05, 3.63) is 0 Å². The number of nitrogens with zero attached hydrogens (tertiary/aromatic N) is 2. The summed E-state index contributed by atoms with van der Waals surface area (Å²) < 4.78 is 10.1. The molecule has 3 N–H and O–H groups in total. The van der Waals surface area contributed by atoms with Gasteiger partial charge in [0.15, 0.2) is 5.60 Å². The highest BCUT2D eigenvalue weighted by Crippen LogP contribution is 2.47. The fraction of sp³-hybridized carbons (Fsp3) is 0.905. The van der Waals surface area contributed by atoms with Crippen LogP contribution in [0.3, 0.4) is 0 Å². The Hall–Kier alpha value is -1.30. The number of carbonyl (C=O) groups excluding carboxylic acids is 2. The van der Waals surface area contributed by atoms with Gasteiger partial charge in [-0.05, 0) is 61.8 Å². The Bertz CT molecular complexity index is 720. The molecule has 0 bridgehead atoms. The summed E-state index contributed by atoms with van der Waals surface area (Å²) in [7, 11) is 1.19. The summed E-state index contributed by atoms with van der Waals surface area (Å²) in [5.74, 6) is -1.73. The normalized spacial score (nSPS) is 32.6. The van der Waals surface area contributed by atoms with Crippen LogP contribution in [0.1, 0.15) is 68.2 Å². The van der Waals surface area contributed by atoms with Gasteiger partial charge in [-0.15, -0.1) is 0 Å². The number of hydrogen-bond donors (Lipinski definition) is 3. The predicted molar refractivity (Wildman–Crippen MR) is 110 cm³/mol. The maximum absolute atomic E-state index is 12.9. The minimum atomic E-state index is -2.01. The number of rotatable bonds is 6. The van der Waals surface area contributed by atoms with E-state index in [0.717, 1.165) is 5.06 Å². The van der Waals surface area contributed by atoms with Gasteiger partial charge in [0, 0.05) is 17.5 Å². The third kappa shape index (κ3) is 4.21. The Labute approximate surface area is 184 Å². The Balaban J connectivity index is 2.20. The number of esters is 2. The molecule has 0 aromatic heterocycles. The number of carbonyl (C=O) groups is 2. The van der Waals surface area contributed by atoms with Crippen LogP contribution in [0.2, 0.25) is 0 Å². The molecule has 0 amide bonds. The van der Waals surface area contributed by atoms with E-state index in [2.05, 4.69) is 0 Å². The van der Waals surface area contributed by atoms with Gasteiger partial charge < -0.3 is 24.9 Å². The quantitative estimate of drug-likeness (QED) is 0.508. The highest BCUT2D eigenvalue weighted by atomic mass is 16.7. The molecule has 10 heteroatoms. The molecule has 2 aliphatic rings. The molecule has 180 valence electrons. The fourth-order valence-electron chi connectivity index (χ4n) is 4.84. The summed E-state index contributed by atoms with van der Waals surface area (Å²) in [6, 6.07) is 0. The van der Waals surface area contributed by atoms with Crippen LogP contribution in [0.25, 0.3) is 0 Å². The minimum absolute atomic E-state index is 0.0650. The maximum atomic E-state index is 12.9. The first-order chi connectivity index (χ1) is 13.8. The fourth-order valence-corrected chi connectivity index (χ4v) is 4.84. The SMILES string of the molecule is COC(=O)C(COC(=O)C1(O)CC(C)(C)N(O)C1(C)C)ON1C(C)(C)CC(O)C1(C)C. The van der Waals surface area contributed by atoms with Crippen LogP contribution < -0.4 is 0 Å². The maximum Gasteiger partial charge on any atom is 0.340 e. The molecule has 0 aromatic carbocycles. The molecule has 3 atom stereocenters. The minimum Gasteiger partial charge on any atom is -0.467 e. The molecule has 2 aliphatic heterocycles. The Kier molecular flexibility index (Phi) is 6.64. The van der Waals surface area contributed by atoms with Gasteiger partial charge in [-0.2, -0.15) is 10.1 Å². The molecule has 0 saturated carbocycles. The van der Waals surface area contributed by atoms with E-state index in [-0.39, 0.29) is 6.42 Å². The molecule has 2 rings (SSSR count). The topological polar surface area (TPSA) is 129 Å². The van der Waals surface area contributed by atoms with Gasteiger partial charge in [0.05, 0.1) is 24.3 Å². The zero-order chi connectivity index (χ0) is 24.2. The second-order valence-electron chi connectivity index (χ2n) is 10.9. The monoisotopic (exact) mass is 446 g/mol.